The molecule has 112 valence electrons. The molecule has 2 rings (SSSR count). The molecular formula is C14H21NO4S. The molecule has 6 heteroatoms. The fraction of sp³-hybridized carbons (Fsp3) is 0.571. The van der Waals surface area contributed by atoms with Crippen molar-refractivity contribution in [1.29, 1.82) is 0 Å². The normalized spacial score (nSPS) is 16.9. The summed E-state index contributed by atoms with van der Waals surface area (Å²) in [7, 11) is -3.16. The van der Waals surface area contributed by atoms with E-state index in [1.807, 2.05) is 0 Å². The van der Waals surface area contributed by atoms with Crippen LogP contribution in [0.4, 0.5) is 5.69 Å². The quantitative estimate of drug-likeness (QED) is 0.756. The zero-order valence-electron chi connectivity index (χ0n) is 11.6. The molecule has 1 aromatic carbocycles. The Labute approximate surface area is 119 Å². The number of aliphatic hydroxyl groups excluding tert-OH is 1. The van der Waals surface area contributed by atoms with Crippen molar-refractivity contribution < 1.29 is 18.3 Å². The monoisotopic (exact) mass is 299 g/mol. The first-order valence-electron chi connectivity index (χ1n) is 6.75. The van der Waals surface area contributed by atoms with Crippen molar-refractivity contribution in [2.45, 2.75) is 23.8 Å². The van der Waals surface area contributed by atoms with Crippen LogP contribution >= 0.6 is 0 Å². The van der Waals surface area contributed by atoms with E-state index in [0.717, 1.165) is 12.3 Å². The molecule has 0 radical (unpaired) electrons. The van der Waals surface area contributed by atoms with Crippen molar-refractivity contribution in [1.82, 2.24) is 0 Å². The van der Waals surface area contributed by atoms with Gasteiger partial charge in [-0.3, -0.25) is 0 Å². The maximum absolute atomic E-state index is 11.3. The molecule has 5 nitrogen and oxygen atoms in total. The van der Waals surface area contributed by atoms with Gasteiger partial charge in [-0.2, -0.15) is 0 Å². The average Bonchev–Trinajstić information content (AvgIpc) is 3.20. The number of ether oxygens (including phenoxy) is 1. The van der Waals surface area contributed by atoms with E-state index in [0.29, 0.717) is 19.1 Å². The number of hydrogen-bond donors (Lipinski definition) is 2. The highest BCUT2D eigenvalue weighted by atomic mass is 32.2. The summed E-state index contributed by atoms with van der Waals surface area (Å²) in [6.45, 7) is 1.44. The molecule has 1 unspecified atom stereocenters. The third-order valence-electron chi connectivity index (χ3n) is 3.18. The number of aliphatic hydroxyl groups is 1. The van der Waals surface area contributed by atoms with E-state index in [1.54, 1.807) is 24.3 Å². The summed E-state index contributed by atoms with van der Waals surface area (Å²) >= 11 is 0. The molecule has 0 aromatic heterocycles. The third kappa shape index (κ3) is 5.11. The van der Waals surface area contributed by atoms with Crippen molar-refractivity contribution in [3.8, 4) is 0 Å². The van der Waals surface area contributed by atoms with E-state index in [2.05, 4.69) is 5.32 Å². The maximum atomic E-state index is 11.3. The van der Waals surface area contributed by atoms with E-state index in [4.69, 9.17) is 4.74 Å². The minimum atomic E-state index is -3.16. The number of nitrogens with one attached hydrogen (secondary N) is 1. The Morgan fingerprint density at radius 3 is 2.55 bits per heavy atom. The molecule has 2 N–H and O–H groups in total. The molecule has 0 amide bonds. The molecule has 1 aliphatic carbocycles. The summed E-state index contributed by atoms with van der Waals surface area (Å²) in [5.74, 6) is 0.693. The van der Waals surface area contributed by atoms with Gasteiger partial charge in [0.15, 0.2) is 9.84 Å². The van der Waals surface area contributed by atoms with Crippen LogP contribution in [0, 0.1) is 5.92 Å². The average molecular weight is 299 g/mol. The van der Waals surface area contributed by atoms with Crippen LogP contribution < -0.4 is 5.32 Å². The van der Waals surface area contributed by atoms with Gasteiger partial charge in [-0.05, 0) is 43.0 Å². The smallest absolute Gasteiger partial charge is 0.175 e. The van der Waals surface area contributed by atoms with Gasteiger partial charge in [0, 0.05) is 25.1 Å². The zero-order chi connectivity index (χ0) is 14.6. The molecule has 1 atom stereocenters. The lowest BCUT2D eigenvalue weighted by Gasteiger charge is -2.13. The Morgan fingerprint density at radius 2 is 2.00 bits per heavy atom. The number of hydrogen-bond acceptors (Lipinski definition) is 5. The van der Waals surface area contributed by atoms with Crippen LogP contribution in [-0.4, -0.2) is 45.6 Å². The minimum Gasteiger partial charge on any atom is -0.389 e. The van der Waals surface area contributed by atoms with Gasteiger partial charge >= 0.3 is 0 Å². The fourth-order valence-corrected chi connectivity index (χ4v) is 2.40. The van der Waals surface area contributed by atoms with E-state index in [-0.39, 0.29) is 4.90 Å². The minimum absolute atomic E-state index is 0.288. The molecule has 20 heavy (non-hydrogen) atoms. The highest BCUT2D eigenvalue weighted by Crippen LogP contribution is 2.28. The van der Waals surface area contributed by atoms with Gasteiger partial charge in [0.1, 0.15) is 0 Å². The lowest BCUT2D eigenvalue weighted by Crippen LogP contribution is -2.25. The van der Waals surface area contributed by atoms with Crippen molar-refractivity contribution in [3.05, 3.63) is 24.3 Å². The lowest BCUT2D eigenvalue weighted by molar-refractivity contribution is 0.0386. The van der Waals surface area contributed by atoms with Gasteiger partial charge < -0.3 is 15.2 Å². The van der Waals surface area contributed by atoms with Crippen molar-refractivity contribution in [3.63, 3.8) is 0 Å². The molecule has 0 heterocycles. The van der Waals surface area contributed by atoms with Crippen LogP contribution in [-0.2, 0) is 14.6 Å². The second-order valence-corrected chi connectivity index (χ2v) is 7.33. The van der Waals surface area contributed by atoms with Crippen LogP contribution in [0.2, 0.25) is 0 Å². The SMILES string of the molecule is CS(=O)(=O)c1ccc(NCC(O)COCC2CC2)cc1. The Morgan fingerprint density at radius 1 is 1.35 bits per heavy atom. The molecule has 0 aliphatic heterocycles. The van der Waals surface area contributed by atoms with Crippen molar-refractivity contribution in [2.75, 3.05) is 31.3 Å². The molecule has 1 aliphatic rings. The fourth-order valence-electron chi connectivity index (χ4n) is 1.77. The highest BCUT2D eigenvalue weighted by molar-refractivity contribution is 7.90. The molecule has 0 bridgehead atoms. The number of rotatable bonds is 8. The third-order valence-corrected chi connectivity index (χ3v) is 4.31. The predicted molar refractivity (Wildman–Crippen MR) is 77.6 cm³/mol. The Kier molecular flexibility index (Phi) is 5.01. The van der Waals surface area contributed by atoms with Gasteiger partial charge in [-0.15, -0.1) is 0 Å². The van der Waals surface area contributed by atoms with Gasteiger partial charge in [0.2, 0.25) is 0 Å². The molecular weight excluding hydrogens is 278 g/mol. The Balaban J connectivity index is 1.72. The first-order chi connectivity index (χ1) is 9.45. The van der Waals surface area contributed by atoms with Gasteiger partial charge in [0.25, 0.3) is 0 Å². The second kappa shape index (κ2) is 6.56. The largest absolute Gasteiger partial charge is 0.389 e. The van der Waals surface area contributed by atoms with Crippen LogP contribution in [0.15, 0.2) is 29.2 Å². The lowest BCUT2D eigenvalue weighted by atomic mass is 10.3. The van der Waals surface area contributed by atoms with Gasteiger partial charge in [0.05, 0.1) is 17.6 Å². The molecule has 0 saturated heterocycles. The van der Waals surface area contributed by atoms with E-state index < -0.39 is 15.9 Å². The van der Waals surface area contributed by atoms with Crippen molar-refractivity contribution >= 4 is 15.5 Å². The maximum Gasteiger partial charge on any atom is 0.175 e. The topological polar surface area (TPSA) is 75.6 Å². The number of anilines is 1. The summed E-state index contributed by atoms with van der Waals surface area (Å²) in [6.07, 6.45) is 3.08. The number of sulfone groups is 1. The Hall–Kier alpha value is -1.11. The standard InChI is InChI=1S/C14H21NO4S/c1-20(17,18)14-6-4-12(5-7-14)15-8-13(16)10-19-9-11-2-3-11/h4-7,11,13,15-16H,2-3,8-10H2,1H3. The van der Waals surface area contributed by atoms with E-state index in [9.17, 15) is 13.5 Å². The second-order valence-electron chi connectivity index (χ2n) is 5.31. The summed E-state index contributed by atoms with van der Waals surface area (Å²) in [5, 5.41) is 12.8. The molecule has 1 aromatic rings. The van der Waals surface area contributed by atoms with E-state index >= 15 is 0 Å². The zero-order valence-corrected chi connectivity index (χ0v) is 12.4. The molecule has 0 spiro atoms. The molecule has 1 saturated carbocycles. The van der Waals surface area contributed by atoms with Crippen molar-refractivity contribution in [2.24, 2.45) is 5.92 Å². The highest BCUT2D eigenvalue weighted by Gasteiger charge is 2.21. The van der Waals surface area contributed by atoms with E-state index in [1.165, 1.54) is 19.1 Å². The summed E-state index contributed by atoms with van der Waals surface area (Å²) in [6, 6.07) is 6.48. The Bertz CT molecular complexity index is 523. The van der Waals surface area contributed by atoms with Gasteiger partial charge in [-0.25, -0.2) is 8.42 Å². The molecule has 1 fully saturated rings. The summed E-state index contributed by atoms with van der Waals surface area (Å²) in [5.41, 5.74) is 0.777. The predicted octanol–water partition coefficient (Wildman–Crippen LogP) is 1.29. The van der Waals surface area contributed by atoms with Crippen LogP contribution in [0.25, 0.3) is 0 Å². The van der Waals surface area contributed by atoms with Crippen LogP contribution in [0.3, 0.4) is 0 Å². The summed E-state index contributed by atoms with van der Waals surface area (Å²) in [4.78, 5) is 0.288. The number of benzene rings is 1. The van der Waals surface area contributed by atoms with Crippen LogP contribution in [0.1, 0.15) is 12.8 Å². The first kappa shape index (κ1) is 15.3. The first-order valence-corrected chi connectivity index (χ1v) is 8.64. The van der Waals surface area contributed by atoms with Crippen LogP contribution in [0.5, 0.6) is 0 Å². The van der Waals surface area contributed by atoms with Gasteiger partial charge in [-0.1, -0.05) is 0 Å². The summed E-state index contributed by atoms with van der Waals surface area (Å²) < 4.78 is 28.0.